The van der Waals surface area contributed by atoms with Gasteiger partial charge in [0, 0.05) is 12.6 Å². The molecule has 0 aliphatic carbocycles. The lowest BCUT2D eigenvalue weighted by Gasteiger charge is -2.11. The molecule has 19 heavy (non-hydrogen) atoms. The largest absolute Gasteiger partial charge is 0.504 e. The minimum absolute atomic E-state index is 0.0535. The summed E-state index contributed by atoms with van der Waals surface area (Å²) in [5.41, 5.74) is 6.55. The number of hydrogen-bond acceptors (Lipinski definition) is 7. The van der Waals surface area contributed by atoms with E-state index < -0.39 is 0 Å². The van der Waals surface area contributed by atoms with Crippen molar-refractivity contribution in [3.63, 3.8) is 0 Å². The van der Waals surface area contributed by atoms with Crippen LogP contribution in [0.1, 0.15) is 11.1 Å². The molecule has 0 amide bonds. The Morgan fingerprint density at radius 2 is 2.00 bits per heavy atom. The highest BCUT2D eigenvalue weighted by atomic mass is 16.3. The van der Waals surface area contributed by atoms with Crippen LogP contribution in [0.2, 0.25) is 0 Å². The average Bonchev–Trinajstić information content (AvgIpc) is 2.40. The fourth-order valence-electron chi connectivity index (χ4n) is 1.66. The van der Waals surface area contributed by atoms with Gasteiger partial charge in [0.15, 0.2) is 11.5 Å². The second-order valence-electron chi connectivity index (χ2n) is 3.81. The Bertz CT molecular complexity index is 642. The van der Waals surface area contributed by atoms with Crippen molar-refractivity contribution in [2.75, 3.05) is 18.1 Å². The number of hydrogen-bond donors (Lipinski definition) is 5. The van der Waals surface area contributed by atoms with E-state index in [1.165, 1.54) is 24.5 Å². The molecule has 0 aliphatic rings. The predicted molar refractivity (Wildman–Crippen MR) is 71.7 cm³/mol. The molecule has 1 aromatic heterocycles. The van der Waals surface area contributed by atoms with Crippen LogP contribution in [-0.2, 0) is 0 Å². The third kappa shape index (κ3) is 2.25. The van der Waals surface area contributed by atoms with Crippen molar-refractivity contribution < 1.29 is 10.2 Å². The van der Waals surface area contributed by atoms with Crippen LogP contribution in [0.5, 0.6) is 11.5 Å². The van der Waals surface area contributed by atoms with Crippen LogP contribution in [0.3, 0.4) is 0 Å². The van der Waals surface area contributed by atoms with Crippen molar-refractivity contribution in [1.82, 2.24) is 9.97 Å². The van der Waals surface area contributed by atoms with Crippen LogP contribution in [0.25, 0.3) is 0 Å². The van der Waals surface area contributed by atoms with E-state index in [0.717, 1.165) is 0 Å². The summed E-state index contributed by atoms with van der Waals surface area (Å²) in [4.78, 5) is 7.84. The van der Waals surface area contributed by atoms with E-state index in [1.54, 1.807) is 7.05 Å². The van der Waals surface area contributed by atoms with Gasteiger partial charge in [0.05, 0.1) is 11.3 Å². The van der Waals surface area contributed by atoms with Crippen molar-refractivity contribution in [2.45, 2.75) is 0 Å². The Balaban J connectivity index is 2.52. The Morgan fingerprint density at radius 3 is 2.63 bits per heavy atom. The molecule has 0 bridgehead atoms. The summed E-state index contributed by atoms with van der Waals surface area (Å²) in [6.07, 6.45) is 1.30. The molecule has 0 saturated heterocycles. The van der Waals surface area contributed by atoms with E-state index in [-0.39, 0.29) is 23.0 Å². The number of anilines is 2. The molecule has 0 fully saturated rings. The molecule has 0 aliphatic heterocycles. The number of rotatable bonds is 3. The normalized spacial score (nSPS) is 10.2. The average molecular weight is 259 g/mol. The number of benzene rings is 1. The molecule has 2 aromatic rings. The minimum Gasteiger partial charge on any atom is -0.504 e. The van der Waals surface area contributed by atoms with Crippen molar-refractivity contribution in [1.29, 1.82) is 5.41 Å². The van der Waals surface area contributed by atoms with Crippen LogP contribution in [0, 0.1) is 5.41 Å². The zero-order valence-corrected chi connectivity index (χ0v) is 10.2. The van der Waals surface area contributed by atoms with Crippen LogP contribution in [0.15, 0.2) is 24.5 Å². The molecule has 0 spiro atoms. The molecule has 0 atom stereocenters. The Morgan fingerprint density at radius 1 is 1.26 bits per heavy atom. The van der Waals surface area contributed by atoms with Gasteiger partial charge in [-0.05, 0) is 18.2 Å². The van der Waals surface area contributed by atoms with E-state index >= 15 is 0 Å². The van der Waals surface area contributed by atoms with Gasteiger partial charge in [0.1, 0.15) is 18.0 Å². The number of aromatic nitrogens is 2. The second-order valence-corrected chi connectivity index (χ2v) is 3.81. The zero-order chi connectivity index (χ0) is 14.0. The van der Waals surface area contributed by atoms with Crippen molar-refractivity contribution in [3.8, 4) is 11.5 Å². The molecular weight excluding hydrogens is 246 g/mol. The lowest BCUT2D eigenvalue weighted by atomic mass is 10.0. The van der Waals surface area contributed by atoms with Crippen molar-refractivity contribution in [2.24, 2.45) is 0 Å². The molecule has 1 heterocycles. The highest BCUT2D eigenvalue weighted by Gasteiger charge is 2.16. The quantitative estimate of drug-likeness (QED) is 0.412. The topological polar surface area (TPSA) is 128 Å². The van der Waals surface area contributed by atoms with Gasteiger partial charge in [-0.2, -0.15) is 0 Å². The number of nitrogen functional groups attached to an aromatic ring is 1. The summed E-state index contributed by atoms with van der Waals surface area (Å²) in [7, 11) is 1.66. The highest BCUT2D eigenvalue weighted by molar-refractivity contribution is 6.16. The third-order valence-electron chi connectivity index (χ3n) is 2.63. The smallest absolute Gasteiger partial charge is 0.158 e. The molecule has 98 valence electrons. The summed E-state index contributed by atoms with van der Waals surface area (Å²) in [5, 5.41) is 29.7. The van der Waals surface area contributed by atoms with Gasteiger partial charge in [-0.25, -0.2) is 9.97 Å². The number of aromatic hydroxyl groups is 2. The second kappa shape index (κ2) is 4.81. The highest BCUT2D eigenvalue weighted by Crippen LogP contribution is 2.28. The van der Waals surface area contributed by atoms with Gasteiger partial charge < -0.3 is 21.3 Å². The summed E-state index contributed by atoms with van der Waals surface area (Å²) in [6.45, 7) is 0. The molecule has 0 unspecified atom stereocenters. The van der Waals surface area contributed by atoms with Crippen molar-refractivity contribution >= 4 is 17.3 Å². The molecule has 2 rings (SSSR count). The Hall–Kier alpha value is -2.83. The number of nitrogens with two attached hydrogens (primary N) is 1. The first-order chi connectivity index (χ1) is 9.04. The maximum Gasteiger partial charge on any atom is 0.158 e. The SMILES string of the molecule is CNc1ncnc(N)c1C(=N)c1ccc(O)c(O)c1. The van der Waals surface area contributed by atoms with Gasteiger partial charge in [-0.1, -0.05) is 0 Å². The fraction of sp³-hybridized carbons (Fsp3) is 0.0833. The Kier molecular flexibility index (Phi) is 3.19. The first-order valence-electron chi connectivity index (χ1n) is 5.44. The van der Waals surface area contributed by atoms with Gasteiger partial charge in [-0.3, -0.25) is 5.41 Å². The van der Waals surface area contributed by atoms with E-state index in [2.05, 4.69) is 15.3 Å². The van der Waals surface area contributed by atoms with E-state index in [4.69, 9.17) is 11.1 Å². The summed E-state index contributed by atoms with van der Waals surface area (Å²) in [6, 6.07) is 4.09. The summed E-state index contributed by atoms with van der Waals surface area (Å²) < 4.78 is 0. The lowest BCUT2D eigenvalue weighted by Crippen LogP contribution is -2.12. The standard InChI is InChI=1S/C12H13N5O2/c1-15-12-9(11(14)16-5-17-12)10(13)6-2-3-7(18)8(19)4-6/h2-5,13,18-19H,1H3,(H3,14,15,16,17). The van der Waals surface area contributed by atoms with Gasteiger partial charge in [0.25, 0.3) is 0 Å². The number of nitrogens with zero attached hydrogens (tertiary/aromatic N) is 2. The first-order valence-corrected chi connectivity index (χ1v) is 5.44. The van der Waals surface area contributed by atoms with E-state index in [9.17, 15) is 10.2 Å². The fourth-order valence-corrected chi connectivity index (χ4v) is 1.66. The van der Waals surface area contributed by atoms with Gasteiger partial charge in [0.2, 0.25) is 0 Å². The molecule has 0 saturated carbocycles. The van der Waals surface area contributed by atoms with Crippen LogP contribution in [-0.4, -0.2) is 32.9 Å². The van der Waals surface area contributed by atoms with E-state index in [1.807, 2.05) is 0 Å². The van der Waals surface area contributed by atoms with Gasteiger partial charge >= 0.3 is 0 Å². The first kappa shape index (κ1) is 12.6. The third-order valence-corrected chi connectivity index (χ3v) is 2.63. The van der Waals surface area contributed by atoms with Crippen LogP contribution >= 0.6 is 0 Å². The van der Waals surface area contributed by atoms with Crippen LogP contribution in [0.4, 0.5) is 11.6 Å². The zero-order valence-electron chi connectivity index (χ0n) is 10.2. The minimum atomic E-state index is -0.302. The van der Waals surface area contributed by atoms with Crippen molar-refractivity contribution in [3.05, 3.63) is 35.7 Å². The lowest BCUT2D eigenvalue weighted by molar-refractivity contribution is 0.403. The summed E-state index contributed by atoms with van der Waals surface area (Å²) in [5.74, 6) is 0.0355. The van der Waals surface area contributed by atoms with Gasteiger partial charge in [-0.15, -0.1) is 0 Å². The number of phenols is 2. The maximum absolute atomic E-state index is 9.47. The molecule has 7 heteroatoms. The summed E-state index contributed by atoms with van der Waals surface area (Å²) >= 11 is 0. The molecular formula is C12H13N5O2. The van der Waals surface area contributed by atoms with E-state index in [0.29, 0.717) is 16.9 Å². The van der Waals surface area contributed by atoms with Crippen LogP contribution < -0.4 is 11.1 Å². The maximum atomic E-state index is 9.47. The molecule has 6 N–H and O–H groups in total. The molecule has 0 radical (unpaired) electrons. The Labute approximate surface area is 109 Å². The number of nitrogens with one attached hydrogen (secondary N) is 2. The molecule has 7 nitrogen and oxygen atoms in total. The monoisotopic (exact) mass is 259 g/mol. The number of phenolic OH excluding ortho intramolecular Hbond substituents is 2. The predicted octanol–water partition coefficient (Wildman–Crippen LogP) is 0.928. The molecule has 1 aromatic carbocycles.